The summed E-state index contributed by atoms with van der Waals surface area (Å²) in [6.45, 7) is 3.82. The molecule has 1 N–H and O–H groups in total. The van der Waals surface area contributed by atoms with Crippen LogP contribution in [0.4, 0.5) is 8.78 Å². The van der Waals surface area contributed by atoms with E-state index >= 15 is 0 Å². The second-order valence-corrected chi connectivity index (χ2v) is 2.92. The molecule has 0 atom stereocenters. The predicted octanol–water partition coefficient (Wildman–Crippen LogP) is 0.894. The van der Waals surface area contributed by atoms with E-state index in [0.717, 1.165) is 6.54 Å². The first-order valence-corrected chi connectivity index (χ1v) is 3.95. The van der Waals surface area contributed by atoms with Gasteiger partial charge in [-0.05, 0) is 6.54 Å². The molecule has 1 saturated heterocycles. The Hall–Kier alpha value is -0.220. The van der Waals surface area contributed by atoms with Crippen molar-refractivity contribution in [2.24, 2.45) is 0 Å². The molecule has 0 aliphatic carbocycles. The fourth-order valence-corrected chi connectivity index (χ4v) is 1.21. The number of hydrogen-bond acceptors (Lipinski definition) is 2. The fraction of sp³-hybridized carbons (Fsp3) is 1.00. The molecule has 1 aliphatic rings. The van der Waals surface area contributed by atoms with E-state index < -0.39 is 5.92 Å². The van der Waals surface area contributed by atoms with Gasteiger partial charge in [-0.2, -0.15) is 0 Å². The summed E-state index contributed by atoms with van der Waals surface area (Å²) in [5.41, 5.74) is 0. The molecule has 0 aromatic rings. The molecule has 0 radical (unpaired) electrons. The Balaban J connectivity index is 2.20. The predicted molar refractivity (Wildman–Crippen MR) is 39.7 cm³/mol. The summed E-state index contributed by atoms with van der Waals surface area (Å²) in [6, 6.07) is 0. The van der Waals surface area contributed by atoms with Gasteiger partial charge < -0.3 is 5.32 Å². The Morgan fingerprint density at radius 3 is 2.73 bits per heavy atom. The second-order valence-electron chi connectivity index (χ2n) is 2.92. The molecule has 0 amide bonds. The molecule has 1 aliphatic heterocycles. The van der Waals surface area contributed by atoms with Crippen LogP contribution in [-0.2, 0) is 0 Å². The van der Waals surface area contributed by atoms with Crippen LogP contribution >= 0.6 is 0 Å². The van der Waals surface area contributed by atoms with Gasteiger partial charge in [-0.15, -0.1) is 0 Å². The van der Waals surface area contributed by atoms with Gasteiger partial charge in [0.15, 0.2) is 0 Å². The highest BCUT2D eigenvalue weighted by molar-refractivity contribution is 4.80. The Kier molecular flexibility index (Phi) is 2.78. The Morgan fingerprint density at radius 1 is 1.55 bits per heavy atom. The van der Waals surface area contributed by atoms with Crippen LogP contribution < -0.4 is 5.32 Å². The highest BCUT2D eigenvalue weighted by Gasteiger charge is 2.37. The number of nitrogens with one attached hydrogen (secondary N) is 1. The lowest BCUT2D eigenvalue weighted by Crippen LogP contribution is -2.34. The van der Waals surface area contributed by atoms with Gasteiger partial charge in [0, 0.05) is 19.6 Å². The SMILES string of the molecule is CCNCN1CCC(F)(F)C1. The number of likely N-dealkylation sites (tertiary alicyclic amines) is 1. The summed E-state index contributed by atoms with van der Waals surface area (Å²) in [4.78, 5) is 1.74. The van der Waals surface area contributed by atoms with Crippen LogP contribution in [-0.4, -0.2) is 37.1 Å². The maximum atomic E-state index is 12.6. The van der Waals surface area contributed by atoms with Crippen molar-refractivity contribution in [1.82, 2.24) is 10.2 Å². The quantitative estimate of drug-likeness (QED) is 0.666. The number of alkyl halides is 2. The van der Waals surface area contributed by atoms with Gasteiger partial charge in [0.2, 0.25) is 0 Å². The van der Waals surface area contributed by atoms with Gasteiger partial charge in [-0.25, -0.2) is 8.78 Å². The lowest BCUT2D eigenvalue weighted by atomic mass is 10.3. The van der Waals surface area contributed by atoms with Crippen molar-refractivity contribution >= 4 is 0 Å². The topological polar surface area (TPSA) is 15.3 Å². The second kappa shape index (κ2) is 3.45. The van der Waals surface area contributed by atoms with Crippen LogP contribution in [0.3, 0.4) is 0 Å². The van der Waals surface area contributed by atoms with Crippen molar-refractivity contribution in [2.75, 3.05) is 26.3 Å². The summed E-state index contributed by atoms with van der Waals surface area (Å²) in [5.74, 6) is -2.45. The maximum Gasteiger partial charge on any atom is 0.261 e. The van der Waals surface area contributed by atoms with E-state index in [-0.39, 0.29) is 13.0 Å². The molecule has 0 unspecified atom stereocenters. The van der Waals surface area contributed by atoms with E-state index in [9.17, 15) is 8.78 Å². The molecular weight excluding hydrogens is 150 g/mol. The largest absolute Gasteiger partial charge is 0.305 e. The zero-order valence-electron chi connectivity index (χ0n) is 6.74. The zero-order valence-corrected chi connectivity index (χ0v) is 6.74. The fourth-order valence-electron chi connectivity index (χ4n) is 1.21. The molecule has 1 rings (SSSR count). The van der Waals surface area contributed by atoms with E-state index in [4.69, 9.17) is 0 Å². The normalized spacial score (nSPS) is 24.3. The summed E-state index contributed by atoms with van der Waals surface area (Å²) in [6.07, 6.45) is 0.0123. The third kappa shape index (κ3) is 2.71. The maximum absolute atomic E-state index is 12.6. The number of halogens is 2. The highest BCUT2D eigenvalue weighted by Crippen LogP contribution is 2.25. The van der Waals surface area contributed by atoms with Crippen LogP contribution in [0, 0.1) is 0 Å². The van der Waals surface area contributed by atoms with Crippen LogP contribution in [0.5, 0.6) is 0 Å². The van der Waals surface area contributed by atoms with Gasteiger partial charge in [0.05, 0.1) is 6.54 Å². The molecule has 11 heavy (non-hydrogen) atoms. The van der Waals surface area contributed by atoms with Crippen molar-refractivity contribution in [1.29, 1.82) is 0 Å². The third-order valence-electron chi connectivity index (χ3n) is 1.83. The summed E-state index contributed by atoms with van der Waals surface area (Å²) < 4.78 is 25.1. The average molecular weight is 164 g/mol. The standard InChI is InChI=1S/C7H14F2N2/c1-2-10-6-11-4-3-7(8,9)5-11/h10H,2-6H2,1H3. The van der Waals surface area contributed by atoms with Crippen LogP contribution in [0.2, 0.25) is 0 Å². The van der Waals surface area contributed by atoms with E-state index in [2.05, 4.69) is 5.32 Å². The molecule has 0 spiro atoms. The Morgan fingerprint density at radius 2 is 2.27 bits per heavy atom. The summed E-state index contributed by atoms with van der Waals surface area (Å²) in [7, 11) is 0. The molecule has 0 bridgehead atoms. The van der Waals surface area contributed by atoms with E-state index in [1.54, 1.807) is 4.90 Å². The number of hydrogen-bond donors (Lipinski definition) is 1. The van der Waals surface area contributed by atoms with Gasteiger partial charge in [-0.3, -0.25) is 4.90 Å². The van der Waals surface area contributed by atoms with Crippen LogP contribution in [0.15, 0.2) is 0 Å². The molecule has 2 nitrogen and oxygen atoms in total. The molecule has 4 heteroatoms. The smallest absolute Gasteiger partial charge is 0.261 e. The average Bonchev–Trinajstić information content (AvgIpc) is 2.26. The van der Waals surface area contributed by atoms with Gasteiger partial charge >= 0.3 is 0 Å². The molecule has 0 aromatic carbocycles. The van der Waals surface area contributed by atoms with Crippen molar-refractivity contribution in [2.45, 2.75) is 19.3 Å². The van der Waals surface area contributed by atoms with E-state index in [1.165, 1.54) is 0 Å². The van der Waals surface area contributed by atoms with Crippen LogP contribution in [0.25, 0.3) is 0 Å². The minimum Gasteiger partial charge on any atom is -0.305 e. The van der Waals surface area contributed by atoms with Gasteiger partial charge in [0.1, 0.15) is 0 Å². The zero-order chi connectivity index (χ0) is 8.32. The van der Waals surface area contributed by atoms with Crippen molar-refractivity contribution < 1.29 is 8.78 Å². The highest BCUT2D eigenvalue weighted by atomic mass is 19.3. The molecule has 1 fully saturated rings. The molecule has 1 heterocycles. The van der Waals surface area contributed by atoms with Crippen molar-refractivity contribution in [3.05, 3.63) is 0 Å². The Bertz CT molecular complexity index is 128. The lowest BCUT2D eigenvalue weighted by Gasteiger charge is -2.14. The lowest BCUT2D eigenvalue weighted by molar-refractivity contribution is 0.0116. The van der Waals surface area contributed by atoms with Gasteiger partial charge in [-0.1, -0.05) is 6.92 Å². The van der Waals surface area contributed by atoms with E-state index in [1.807, 2.05) is 6.92 Å². The first-order chi connectivity index (χ1) is 5.14. The number of nitrogens with zero attached hydrogens (tertiary/aromatic N) is 1. The number of rotatable bonds is 3. The summed E-state index contributed by atoms with van der Waals surface area (Å²) >= 11 is 0. The minimum atomic E-state index is -2.45. The molecule has 66 valence electrons. The van der Waals surface area contributed by atoms with Crippen molar-refractivity contribution in [3.63, 3.8) is 0 Å². The monoisotopic (exact) mass is 164 g/mol. The van der Waals surface area contributed by atoms with Crippen molar-refractivity contribution in [3.8, 4) is 0 Å². The first kappa shape index (κ1) is 8.87. The van der Waals surface area contributed by atoms with Gasteiger partial charge in [0.25, 0.3) is 5.92 Å². The van der Waals surface area contributed by atoms with E-state index in [0.29, 0.717) is 13.2 Å². The molecular formula is C7H14F2N2. The molecule has 0 saturated carbocycles. The Labute approximate surface area is 65.6 Å². The van der Waals surface area contributed by atoms with Crippen LogP contribution in [0.1, 0.15) is 13.3 Å². The summed E-state index contributed by atoms with van der Waals surface area (Å²) in [5, 5.41) is 3.02. The third-order valence-corrected chi connectivity index (χ3v) is 1.83. The molecule has 0 aromatic heterocycles. The first-order valence-electron chi connectivity index (χ1n) is 3.95. The minimum absolute atomic E-state index is 0.0123.